The van der Waals surface area contributed by atoms with Crippen LogP contribution in [0.1, 0.15) is 12.2 Å². The molecule has 2 N–H and O–H groups in total. The number of nitrogens with zero attached hydrogens (tertiary/aromatic N) is 3. The fraction of sp³-hybridized carbons (Fsp3) is 0.333. The zero-order valence-electron chi connectivity index (χ0n) is 16.1. The summed E-state index contributed by atoms with van der Waals surface area (Å²) >= 11 is 0. The van der Waals surface area contributed by atoms with Gasteiger partial charge in [0, 0.05) is 13.1 Å². The smallest absolute Gasteiger partial charge is 0.242 e. The van der Waals surface area contributed by atoms with Crippen LogP contribution in [-0.2, 0) is 17.9 Å². The van der Waals surface area contributed by atoms with Gasteiger partial charge >= 0.3 is 0 Å². The average Bonchev–Trinajstić information content (AvgIpc) is 3.32. The van der Waals surface area contributed by atoms with E-state index in [0.29, 0.717) is 19.1 Å². The molecule has 156 valence electrons. The summed E-state index contributed by atoms with van der Waals surface area (Å²) in [6.07, 6.45) is 0.983. The van der Waals surface area contributed by atoms with Crippen molar-refractivity contribution in [3.05, 3.63) is 60.4 Å². The van der Waals surface area contributed by atoms with E-state index in [2.05, 4.69) is 4.98 Å². The van der Waals surface area contributed by atoms with Gasteiger partial charge in [0.05, 0.1) is 11.0 Å². The summed E-state index contributed by atoms with van der Waals surface area (Å²) in [5.74, 6) is 2.06. The molecule has 6 nitrogen and oxygen atoms in total. The normalized spacial score (nSPS) is 15.6. The Hall–Kier alpha value is -2.28. The van der Waals surface area contributed by atoms with E-state index in [0.717, 1.165) is 42.1 Å². The van der Waals surface area contributed by atoms with Crippen LogP contribution in [0.2, 0.25) is 0 Å². The number of hydrogen-bond donors (Lipinski definition) is 1. The summed E-state index contributed by atoms with van der Waals surface area (Å²) in [7, 11) is 0. The average molecular weight is 437 g/mol. The molecule has 0 bridgehead atoms. The van der Waals surface area contributed by atoms with Crippen molar-refractivity contribution in [2.24, 2.45) is 11.7 Å². The van der Waals surface area contributed by atoms with Crippen LogP contribution in [-0.4, -0.2) is 40.0 Å². The van der Waals surface area contributed by atoms with Gasteiger partial charge in [0.25, 0.3) is 0 Å². The molecule has 0 saturated carbocycles. The van der Waals surface area contributed by atoms with Crippen LogP contribution in [0.3, 0.4) is 0 Å². The zero-order chi connectivity index (χ0) is 18.6. The molecule has 0 aliphatic carbocycles. The molecule has 1 saturated heterocycles. The van der Waals surface area contributed by atoms with Crippen molar-refractivity contribution >= 4 is 41.8 Å². The van der Waals surface area contributed by atoms with E-state index in [9.17, 15) is 4.79 Å². The summed E-state index contributed by atoms with van der Waals surface area (Å²) in [5.41, 5.74) is 7.58. The Labute approximate surface area is 182 Å². The highest BCUT2D eigenvalue weighted by Crippen LogP contribution is 2.20. The SMILES string of the molecule is Cl.Cl.NCC1CCN(C(=O)Cn2c(COc3ccccc3)nc3ccccc32)C1. The van der Waals surface area contributed by atoms with Crippen molar-refractivity contribution in [2.75, 3.05) is 19.6 Å². The van der Waals surface area contributed by atoms with Crippen molar-refractivity contribution in [1.29, 1.82) is 0 Å². The molecule has 1 aliphatic heterocycles. The number of nitrogens with two attached hydrogens (primary N) is 1. The number of carbonyl (C=O) groups is 1. The summed E-state index contributed by atoms with van der Waals surface area (Å²) in [4.78, 5) is 19.4. The van der Waals surface area contributed by atoms with Crippen molar-refractivity contribution in [3.8, 4) is 5.75 Å². The molecule has 1 fully saturated rings. The van der Waals surface area contributed by atoms with Gasteiger partial charge in [-0.2, -0.15) is 0 Å². The maximum atomic E-state index is 12.8. The van der Waals surface area contributed by atoms with Gasteiger partial charge in [-0.25, -0.2) is 4.98 Å². The monoisotopic (exact) mass is 436 g/mol. The number of halogens is 2. The van der Waals surface area contributed by atoms with E-state index >= 15 is 0 Å². The van der Waals surface area contributed by atoms with Gasteiger partial charge < -0.3 is 19.9 Å². The second-order valence-electron chi connectivity index (χ2n) is 6.93. The van der Waals surface area contributed by atoms with Gasteiger partial charge in [0.15, 0.2) is 0 Å². The van der Waals surface area contributed by atoms with Crippen molar-refractivity contribution in [3.63, 3.8) is 0 Å². The van der Waals surface area contributed by atoms with E-state index in [4.69, 9.17) is 10.5 Å². The number of rotatable bonds is 6. The van der Waals surface area contributed by atoms with E-state index in [1.807, 2.05) is 64.1 Å². The van der Waals surface area contributed by atoms with Crippen LogP contribution in [0.25, 0.3) is 11.0 Å². The first-order valence-corrected chi connectivity index (χ1v) is 9.34. The molecule has 1 amide bonds. The molecule has 29 heavy (non-hydrogen) atoms. The molecule has 4 rings (SSSR count). The van der Waals surface area contributed by atoms with Crippen molar-refractivity contribution < 1.29 is 9.53 Å². The van der Waals surface area contributed by atoms with Gasteiger partial charge in [-0.15, -0.1) is 24.8 Å². The lowest BCUT2D eigenvalue weighted by Gasteiger charge is -2.18. The Bertz CT molecular complexity index is 933. The van der Waals surface area contributed by atoms with Crippen LogP contribution < -0.4 is 10.5 Å². The molecular formula is C21H26Cl2N4O2. The lowest BCUT2D eigenvalue weighted by molar-refractivity contribution is -0.130. The number of carbonyl (C=O) groups excluding carboxylic acids is 1. The third-order valence-corrected chi connectivity index (χ3v) is 5.11. The standard InChI is InChI=1S/C21H24N4O2.2ClH/c22-12-16-10-11-24(13-16)21(26)14-25-19-9-5-4-8-18(19)23-20(25)15-27-17-6-2-1-3-7-17;;/h1-9,16H,10-15,22H2;2*1H. The van der Waals surface area contributed by atoms with Crippen molar-refractivity contribution in [1.82, 2.24) is 14.5 Å². The fourth-order valence-corrected chi connectivity index (χ4v) is 3.56. The van der Waals surface area contributed by atoms with Crippen molar-refractivity contribution in [2.45, 2.75) is 19.6 Å². The summed E-state index contributed by atoms with van der Waals surface area (Å²) < 4.78 is 7.85. The molecule has 1 unspecified atom stereocenters. The van der Waals surface area contributed by atoms with Crippen LogP contribution in [0.5, 0.6) is 5.75 Å². The lowest BCUT2D eigenvalue weighted by atomic mass is 10.1. The highest BCUT2D eigenvalue weighted by Gasteiger charge is 2.26. The number of ether oxygens (including phenoxy) is 1. The van der Waals surface area contributed by atoms with Gasteiger partial charge in [-0.1, -0.05) is 30.3 Å². The predicted octanol–water partition coefficient (Wildman–Crippen LogP) is 3.27. The number of amides is 1. The first-order chi connectivity index (χ1) is 13.2. The van der Waals surface area contributed by atoms with E-state index in [-0.39, 0.29) is 37.3 Å². The number of imidazole rings is 1. The molecule has 8 heteroatoms. The van der Waals surface area contributed by atoms with E-state index < -0.39 is 0 Å². The van der Waals surface area contributed by atoms with Crippen LogP contribution in [0.15, 0.2) is 54.6 Å². The lowest BCUT2D eigenvalue weighted by Crippen LogP contribution is -2.33. The maximum Gasteiger partial charge on any atom is 0.242 e. The number of aromatic nitrogens is 2. The summed E-state index contributed by atoms with van der Waals surface area (Å²) in [5, 5.41) is 0. The number of benzene rings is 2. The Morgan fingerprint density at radius 2 is 1.83 bits per heavy atom. The second kappa shape index (κ2) is 10.5. The van der Waals surface area contributed by atoms with E-state index in [1.165, 1.54) is 0 Å². The fourth-order valence-electron chi connectivity index (χ4n) is 3.56. The Kier molecular flexibility index (Phi) is 8.32. The number of para-hydroxylation sites is 3. The first kappa shape index (κ1) is 23.0. The summed E-state index contributed by atoms with van der Waals surface area (Å²) in [6.45, 7) is 2.75. The van der Waals surface area contributed by atoms with Gasteiger partial charge in [-0.05, 0) is 43.1 Å². The molecule has 1 aliphatic rings. The minimum atomic E-state index is 0. The van der Waals surface area contributed by atoms with Gasteiger partial charge in [-0.3, -0.25) is 4.79 Å². The first-order valence-electron chi connectivity index (χ1n) is 9.34. The zero-order valence-corrected chi connectivity index (χ0v) is 17.7. The van der Waals surface area contributed by atoms with Crippen LogP contribution in [0.4, 0.5) is 0 Å². The highest BCUT2D eigenvalue weighted by atomic mass is 35.5. The minimum absolute atomic E-state index is 0. The molecule has 1 atom stereocenters. The largest absolute Gasteiger partial charge is 0.486 e. The molecule has 0 radical (unpaired) electrons. The molecule has 2 heterocycles. The molecular weight excluding hydrogens is 411 g/mol. The molecule has 0 spiro atoms. The third kappa shape index (κ3) is 5.21. The van der Waals surface area contributed by atoms with Crippen LogP contribution in [0, 0.1) is 5.92 Å². The van der Waals surface area contributed by atoms with Gasteiger partial charge in [0.1, 0.15) is 24.7 Å². The quantitative estimate of drug-likeness (QED) is 0.643. The topological polar surface area (TPSA) is 73.4 Å². The van der Waals surface area contributed by atoms with Gasteiger partial charge in [0.2, 0.25) is 5.91 Å². The molecule has 1 aromatic heterocycles. The number of fused-ring (bicyclic) bond motifs is 1. The Balaban J connectivity index is 0.00000150. The minimum Gasteiger partial charge on any atom is -0.486 e. The van der Waals surface area contributed by atoms with Crippen LogP contribution >= 0.6 is 24.8 Å². The summed E-state index contributed by atoms with van der Waals surface area (Å²) in [6, 6.07) is 17.5. The maximum absolute atomic E-state index is 12.8. The Morgan fingerprint density at radius 1 is 1.10 bits per heavy atom. The second-order valence-corrected chi connectivity index (χ2v) is 6.93. The molecule has 2 aromatic carbocycles. The highest BCUT2D eigenvalue weighted by molar-refractivity contribution is 5.85. The molecule has 3 aromatic rings. The number of likely N-dealkylation sites (tertiary alicyclic amines) is 1. The predicted molar refractivity (Wildman–Crippen MR) is 119 cm³/mol. The Morgan fingerprint density at radius 3 is 2.55 bits per heavy atom. The third-order valence-electron chi connectivity index (χ3n) is 5.11. The van der Waals surface area contributed by atoms with E-state index in [1.54, 1.807) is 0 Å². The number of hydrogen-bond acceptors (Lipinski definition) is 4.